The van der Waals surface area contributed by atoms with Crippen molar-refractivity contribution in [3.63, 3.8) is 0 Å². The average molecular weight is 290 g/mol. The fourth-order valence-electron chi connectivity index (χ4n) is 2.21. The molecule has 114 valence electrons. The van der Waals surface area contributed by atoms with E-state index in [0.717, 1.165) is 22.6 Å². The standard InChI is InChI=1S/C15H22N4O2/c1-4-21-15-6-5-13(9-17-15)16-10-14-11(2)18-19(7-8-20)12(14)3/h5-6,9,16,20H,4,7-8,10H2,1-3H3. The predicted molar refractivity (Wildman–Crippen MR) is 81.5 cm³/mol. The van der Waals surface area contributed by atoms with Crippen LogP contribution in [0.3, 0.4) is 0 Å². The summed E-state index contributed by atoms with van der Waals surface area (Å²) in [6.45, 7) is 7.84. The third-order valence-electron chi connectivity index (χ3n) is 3.34. The van der Waals surface area contributed by atoms with Crippen LogP contribution in [-0.2, 0) is 13.1 Å². The monoisotopic (exact) mass is 290 g/mol. The van der Waals surface area contributed by atoms with Crippen molar-refractivity contribution < 1.29 is 9.84 Å². The van der Waals surface area contributed by atoms with Gasteiger partial charge in [-0.15, -0.1) is 0 Å². The number of anilines is 1. The topological polar surface area (TPSA) is 72.2 Å². The van der Waals surface area contributed by atoms with Crippen LogP contribution in [0.5, 0.6) is 5.88 Å². The third-order valence-corrected chi connectivity index (χ3v) is 3.34. The molecule has 6 nitrogen and oxygen atoms in total. The van der Waals surface area contributed by atoms with Gasteiger partial charge in [-0.1, -0.05) is 0 Å². The van der Waals surface area contributed by atoms with Gasteiger partial charge in [-0.3, -0.25) is 4.68 Å². The predicted octanol–water partition coefficient (Wildman–Crippen LogP) is 1.90. The highest BCUT2D eigenvalue weighted by Gasteiger charge is 2.10. The minimum absolute atomic E-state index is 0.0949. The molecule has 0 aliphatic heterocycles. The van der Waals surface area contributed by atoms with Gasteiger partial charge in [0.15, 0.2) is 0 Å². The lowest BCUT2D eigenvalue weighted by Gasteiger charge is -2.08. The van der Waals surface area contributed by atoms with Crippen LogP contribution in [0, 0.1) is 13.8 Å². The van der Waals surface area contributed by atoms with Crippen molar-refractivity contribution in [1.29, 1.82) is 0 Å². The Balaban J connectivity index is 2.02. The Labute approximate surface area is 124 Å². The fraction of sp³-hybridized carbons (Fsp3) is 0.467. The molecule has 2 heterocycles. The van der Waals surface area contributed by atoms with Crippen LogP contribution < -0.4 is 10.1 Å². The van der Waals surface area contributed by atoms with E-state index in [9.17, 15) is 0 Å². The molecule has 2 aromatic heterocycles. The molecule has 0 aliphatic carbocycles. The van der Waals surface area contributed by atoms with Gasteiger partial charge < -0.3 is 15.2 Å². The summed E-state index contributed by atoms with van der Waals surface area (Å²) in [4.78, 5) is 4.22. The lowest BCUT2D eigenvalue weighted by Crippen LogP contribution is -2.07. The first-order chi connectivity index (χ1) is 10.2. The van der Waals surface area contributed by atoms with Gasteiger partial charge in [0.25, 0.3) is 0 Å². The second-order valence-electron chi connectivity index (χ2n) is 4.77. The smallest absolute Gasteiger partial charge is 0.213 e. The van der Waals surface area contributed by atoms with Gasteiger partial charge in [0.2, 0.25) is 5.88 Å². The zero-order chi connectivity index (χ0) is 15.2. The molecule has 2 rings (SSSR count). The zero-order valence-corrected chi connectivity index (χ0v) is 12.8. The number of rotatable bonds is 7. The molecule has 0 bridgehead atoms. The molecule has 0 saturated heterocycles. The molecule has 0 atom stereocenters. The van der Waals surface area contributed by atoms with Gasteiger partial charge in [0.05, 0.1) is 37.3 Å². The molecular formula is C15H22N4O2. The molecule has 6 heteroatoms. The van der Waals surface area contributed by atoms with E-state index in [-0.39, 0.29) is 6.61 Å². The highest BCUT2D eigenvalue weighted by atomic mass is 16.5. The number of aryl methyl sites for hydroxylation is 1. The minimum atomic E-state index is 0.0949. The average Bonchev–Trinajstić information content (AvgIpc) is 2.74. The fourth-order valence-corrected chi connectivity index (χ4v) is 2.21. The highest BCUT2D eigenvalue weighted by Crippen LogP contribution is 2.17. The maximum Gasteiger partial charge on any atom is 0.213 e. The Bertz CT molecular complexity index is 578. The number of pyridine rings is 1. The van der Waals surface area contributed by atoms with Crippen molar-refractivity contribution in [2.45, 2.75) is 33.9 Å². The molecule has 0 spiro atoms. The van der Waals surface area contributed by atoms with E-state index in [0.29, 0.717) is 25.6 Å². The number of aromatic nitrogens is 3. The summed E-state index contributed by atoms with van der Waals surface area (Å²) in [5.41, 5.74) is 4.14. The minimum Gasteiger partial charge on any atom is -0.478 e. The zero-order valence-electron chi connectivity index (χ0n) is 12.8. The van der Waals surface area contributed by atoms with Crippen molar-refractivity contribution in [2.24, 2.45) is 0 Å². The number of nitrogens with zero attached hydrogens (tertiary/aromatic N) is 3. The number of aliphatic hydroxyl groups excluding tert-OH is 1. The van der Waals surface area contributed by atoms with Gasteiger partial charge >= 0.3 is 0 Å². The molecule has 21 heavy (non-hydrogen) atoms. The van der Waals surface area contributed by atoms with E-state index in [1.54, 1.807) is 6.20 Å². The van der Waals surface area contributed by atoms with Crippen molar-refractivity contribution >= 4 is 5.69 Å². The van der Waals surface area contributed by atoms with E-state index in [2.05, 4.69) is 15.4 Å². The van der Waals surface area contributed by atoms with Crippen LogP contribution in [-0.4, -0.2) is 33.1 Å². The Kier molecular flexibility index (Phi) is 5.16. The first-order valence-corrected chi connectivity index (χ1v) is 7.12. The Hall–Kier alpha value is -2.08. The second kappa shape index (κ2) is 7.08. The molecule has 0 fully saturated rings. The van der Waals surface area contributed by atoms with Gasteiger partial charge in [-0.25, -0.2) is 4.98 Å². The van der Waals surface area contributed by atoms with Crippen molar-refractivity contribution in [1.82, 2.24) is 14.8 Å². The van der Waals surface area contributed by atoms with E-state index < -0.39 is 0 Å². The molecule has 2 aromatic rings. The third kappa shape index (κ3) is 3.72. The molecule has 0 aliphatic rings. The first-order valence-electron chi connectivity index (χ1n) is 7.12. The van der Waals surface area contributed by atoms with Gasteiger partial charge in [0, 0.05) is 23.9 Å². The van der Waals surface area contributed by atoms with Crippen LogP contribution in [0.15, 0.2) is 18.3 Å². The SMILES string of the molecule is CCOc1ccc(NCc2c(C)nn(CCO)c2C)cn1. The van der Waals surface area contributed by atoms with Crippen molar-refractivity contribution in [2.75, 3.05) is 18.5 Å². The van der Waals surface area contributed by atoms with Gasteiger partial charge in [0.1, 0.15) is 0 Å². The molecule has 0 saturated carbocycles. The summed E-state index contributed by atoms with van der Waals surface area (Å²) in [6, 6.07) is 3.79. The number of nitrogens with one attached hydrogen (secondary N) is 1. The van der Waals surface area contributed by atoms with Crippen LogP contribution in [0.1, 0.15) is 23.9 Å². The van der Waals surface area contributed by atoms with E-state index in [4.69, 9.17) is 9.84 Å². The van der Waals surface area contributed by atoms with E-state index in [1.165, 1.54) is 0 Å². The number of ether oxygens (including phenoxy) is 1. The van der Waals surface area contributed by atoms with Crippen LogP contribution in [0.4, 0.5) is 5.69 Å². The van der Waals surface area contributed by atoms with Crippen LogP contribution in [0.25, 0.3) is 0 Å². The lowest BCUT2D eigenvalue weighted by molar-refractivity contribution is 0.268. The summed E-state index contributed by atoms with van der Waals surface area (Å²) in [5.74, 6) is 0.631. The molecule has 2 N–H and O–H groups in total. The second-order valence-corrected chi connectivity index (χ2v) is 4.77. The van der Waals surface area contributed by atoms with Crippen LogP contribution >= 0.6 is 0 Å². The summed E-state index contributed by atoms with van der Waals surface area (Å²) in [6.07, 6.45) is 1.76. The largest absolute Gasteiger partial charge is 0.478 e. The molecule has 0 unspecified atom stereocenters. The van der Waals surface area contributed by atoms with Crippen molar-refractivity contribution in [3.05, 3.63) is 35.3 Å². The molecule has 0 aromatic carbocycles. The number of hydrogen-bond donors (Lipinski definition) is 2. The maximum absolute atomic E-state index is 9.03. The molecule has 0 amide bonds. The Morgan fingerprint density at radius 3 is 2.76 bits per heavy atom. The summed E-state index contributed by atoms with van der Waals surface area (Å²) >= 11 is 0. The van der Waals surface area contributed by atoms with E-state index in [1.807, 2.05) is 37.6 Å². The van der Waals surface area contributed by atoms with Gasteiger partial charge in [-0.05, 0) is 26.8 Å². The van der Waals surface area contributed by atoms with Crippen molar-refractivity contribution in [3.8, 4) is 5.88 Å². The van der Waals surface area contributed by atoms with Gasteiger partial charge in [-0.2, -0.15) is 5.10 Å². The highest BCUT2D eigenvalue weighted by molar-refractivity contribution is 5.43. The number of hydrogen-bond acceptors (Lipinski definition) is 5. The molecular weight excluding hydrogens is 268 g/mol. The van der Waals surface area contributed by atoms with E-state index >= 15 is 0 Å². The summed E-state index contributed by atoms with van der Waals surface area (Å²) in [7, 11) is 0. The number of aliphatic hydroxyl groups is 1. The summed E-state index contributed by atoms with van der Waals surface area (Å²) in [5, 5.41) is 16.8. The normalized spacial score (nSPS) is 10.7. The Morgan fingerprint density at radius 2 is 2.14 bits per heavy atom. The first kappa shape index (κ1) is 15.3. The van der Waals surface area contributed by atoms with Crippen LogP contribution in [0.2, 0.25) is 0 Å². The quantitative estimate of drug-likeness (QED) is 0.815. The molecule has 0 radical (unpaired) electrons. The maximum atomic E-state index is 9.03. The Morgan fingerprint density at radius 1 is 1.33 bits per heavy atom. The lowest BCUT2D eigenvalue weighted by atomic mass is 10.2. The summed E-state index contributed by atoms with van der Waals surface area (Å²) < 4.78 is 7.15.